The minimum absolute atomic E-state index is 0.127. The third-order valence-corrected chi connectivity index (χ3v) is 4.09. The third-order valence-electron chi connectivity index (χ3n) is 3.09. The van der Waals surface area contributed by atoms with Crippen molar-refractivity contribution in [3.05, 3.63) is 47.0 Å². The normalized spacial score (nSPS) is 12.2. The Balaban J connectivity index is 2.18. The number of amides is 2. The number of rotatable bonds is 8. The van der Waals surface area contributed by atoms with Gasteiger partial charge in [0.15, 0.2) is 10.8 Å². The Morgan fingerprint density at radius 1 is 1.38 bits per heavy atom. The summed E-state index contributed by atoms with van der Waals surface area (Å²) >= 11 is 6.53. The molecule has 26 heavy (non-hydrogen) atoms. The average molecular weight is 395 g/mol. The molecule has 8 nitrogen and oxygen atoms in total. The maximum atomic E-state index is 12.5. The molecule has 2 rings (SSSR count). The SMILES string of the molecule is CO/N=C(\C(=O)NC(C=O)c1ccccc1)c1csc(NC(=O)CCl)n1. The summed E-state index contributed by atoms with van der Waals surface area (Å²) in [6.07, 6.45) is 0.616. The van der Waals surface area contributed by atoms with Gasteiger partial charge in [0, 0.05) is 5.38 Å². The molecule has 0 radical (unpaired) electrons. The van der Waals surface area contributed by atoms with Gasteiger partial charge in [0.2, 0.25) is 5.91 Å². The molecule has 0 fully saturated rings. The number of alkyl halides is 1. The van der Waals surface area contributed by atoms with Crippen LogP contribution in [0.4, 0.5) is 5.13 Å². The molecule has 2 N–H and O–H groups in total. The molecule has 0 saturated heterocycles. The Labute approximate surface area is 158 Å². The molecule has 0 aliphatic rings. The standard InChI is InChI=1S/C16H15ClN4O4S/c1-25-21-14(12-9-26-16(19-12)20-13(23)7-17)15(24)18-11(8-22)10-5-3-2-4-6-10/h2-6,8-9,11H,7H2,1H3,(H,18,24)(H,19,20,23)/b21-14-. The number of thiazole rings is 1. The fraction of sp³-hybridized carbons (Fsp3) is 0.188. The van der Waals surface area contributed by atoms with Crippen LogP contribution in [-0.4, -0.2) is 41.8 Å². The van der Waals surface area contributed by atoms with Gasteiger partial charge in [0.1, 0.15) is 31.0 Å². The Bertz CT molecular complexity index is 810. The molecule has 1 aromatic heterocycles. The minimum atomic E-state index is -0.847. The van der Waals surface area contributed by atoms with Crippen LogP contribution in [0.15, 0.2) is 40.9 Å². The highest BCUT2D eigenvalue weighted by Crippen LogP contribution is 2.17. The monoisotopic (exact) mass is 394 g/mol. The highest BCUT2D eigenvalue weighted by Gasteiger charge is 2.22. The molecule has 1 aromatic carbocycles. The number of benzene rings is 1. The quantitative estimate of drug-likeness (QED) is 0.306. The van der Waals surface area contributed by atoms with Gasteiger partial charge in [-0.25, -0.2) is 4.98 Å². The van der Waals surface area contributed by atoms with E-state index in [0.29, 0.717) is 11.8 Å². The second-order valence-corrected chi connectivity index (χ2v) is 5.97. The smallest absolute Gasteiger partial charge is 0.276 e. The average Bonchev–Trinajstić information content (AvgIpc) is 3.12. The largest absolute Gasteiger partial charge is 0.398 e. The van der Waals surface area contributed by atoms with Crippen molar-refractivity contribution in [2.24, 2.45) is 5.16 Å². The van der Waals surface area contributed by atoms with Crippen LogP contribution in [0.5, 0.6) is 0 Å². The molecule has 0 bridgehead atoms. The number of hydrogen-bond donors (Lipinski definition) is 2. The van der Waals surface area contributed by atoms with Gasteiger partial charge in [-0.05, 0) is 5.56 Å². The second kappa shape index (κ2) is 9.64. The first-order chi connectivity index (χ1) is 12.6. The van der Waals surface area contributed by atoms with Gasteiger partial charge < -0.3 is 20.3 Å². The van der Waals surface area contributed by atoms with Gasteiger partial charge in [-0.3, -0.25) is 9.59 Å². The molecular formula is C16H15ClN4O4S. The van der Waals surface area contributed by atoms with E-state index in [1.807, 2.05) is 0 Å². The molecule has 0 spiro atoms. The Kier molecular flexibility index (Phi) is 7.24. The summed E-state index contributed by atoms with van der Waals surface area (Å²) in [5, 5.41) is 10.5. The molecule has 0 saturated carbocycles. The lowest BCUT2D eigenvalue weighted by Gasteiger charge is -2.13. The number of halogens is 1. The topological polar surface area (TPSA) is 110 Å². The van der Waals surface area contributed by atoms with E-state index in [4.69, 9.17) is 16.4 Å². The molecule has 0 aliphatic heterocycles. The number of oxime groups is 1. The van der Waals surface area contributed by atoms with E-state index >= 15 is 0 Å². The van der Waals surface area contributed by atoms with Gasteiger partial charge in [0.25, 0.3) is 5.91 Å². The number of hydrogen-bond acceptors (Lipinski definition) is 7. The van der Waals surface area contributed by atoms with Crippen molar-refractivity contribution >= 4 is 51.9 Å². The summed E-state index contributed by atoms with van der Waals surface area (Å²) in [4.78, 5) is 44.0. The molecule has 1 atom stereocenters. The first-order valence-corrected chi connectivity index (χ1v) is 8.74. The van der Waals surface area contributed by atoms with Crippen molar-refractivity contribution in [1.82, 2.24) is 10.3 Å². The van der Waals surface area contributed by atoms with Crippen LogP contribution in [0, 0.1) is 0 Å². The van der Waals surface area contributed by atoms with Crippen LogP contribution in [0.1, 0.15) is 17.3 Å². The lowest BCUT2D eigenvalue weighted by Crippen LogP contribution is -2.36. The van der Waals surface area contributed by atoms with Gasteiger partial charge in [0.05, 0.1) is 0 Å². The summed E-state index contributed by atoms with van der Waals surface area (Å²) in [7, 11) is 1.28. The van der Waals surface area contributed by atoms with E-state index in [-0.39, 0.29) is 22.4 Å². The Morgan fingerprint density at radius 3 is 2.73 bits per heavy atom. The van der Waals surface area contributed by atoms with Crippen LogP contribution < -0.4 is 10.6 Å². The van der Waals surface area contributed by atoms with Gasteiger partial charge in [-0.2, -0.15) is 0 Å². The molecule has 0 aliphatic carbocycles. The van der Waals surface area contributed by atoms with Crippen LogP contribution in [0.3, 0.4) is 0 Å². The molecule has 2 amide bonds. The second-order valence-electron chi connectivity index (χ2n) is 4.84. The molecule has 2 aromatic rings. The lowest BCUT2D eigenvalue weighted by atomic mass is 10.1. The maximum Gasteiger partial charge on any atom is 0.276 e. The molecule has 1 heterocycles. The fourth-order valence-electron chi connectivity index (χ4n) is 1.95. The van der Waals surface area contributed by atoms with E-state index in [9.17, 15) is 14.4 Å². The van der Waals surface area contributed by atoms with Crippen LogP contribution >= 0.6 is 22.9 Å². The van der Waals surface area contributed by atoms with Crippen molar-refractivity contribution < 1.29 is 19.2 Å². The Morgan fingerprint density at radius 2 is 2.12 bits per heavy atom. The number of aromatic nitrogens is 1. The highest BCUT2D eigenvalue weighted by atomic mass is 35.5. The van der Waals surface area contributed by atoms with Crippen LogP contribution in [-0.2, 0) is 19.2 Å². The number of carbonyl (C=O) groups excluding carboxylic acids is 3. The highest BCUT2D eigenvalue weighted by molar-refractivity contribution is 7.14. The zero-order chi connectivity index (χ0) is 18.9. The number of nitrogens with one attached hydrogen (secondary N) is 2. The van der Waals surface area contributed by atoms with E-state index in [1.54, 1.807) is 30.3 Å². The minimum Gasteiger partial charge on any atom is -0.398 e. The number of aldehydes is 1. The van der Waals surface area contributed by atoms with Crippen LogP contribution in [0.25, 0.3) is 0 Å². The summed E-state index contributed by atoms with van der Waals surface area (Å²) in [5.41, 5.74) is 0.691. The molecule has 10 heteroatoms. The third kappa shape index (κ3) is 5.11. The zero-order valence-electron chi connectivity index (χ0n) is 13.6. The molecular weight excluding hydrogens is 380 g/mol. The van der Waals surface area contributed by atoms with E-state index in [0.717, 1.165) is 11.3 Å². The predicted octanol–water partition coefficient (Wildman–Crippen LogP) is 1.73. The van der Waals surface area contributed by atoms with Gasteiger partial charge in [-0.1, -0.05) is 35.5 Å². The maximum absolute atomic E-state index is 12.5. The fourth-order valence-corrected chi connectivity index (χ4v) is 2.73. The van der Waals surface area contributed by atoms with Crippen molar-refractivity contribution in [1.29, 1.82) is 0 Å². The van der Waals surface area contributed by atoms with Crippen molar-refractivity contribution in [2.45, 2.75) is 6.04 Å². The summed E-state index contributed by atoms with van der Waals surface area (Å²) in [6, 6.07) is 7.91. The first kappa shape index (κ1) is 19.5. The number of carbonyl (C=O) groups is 3. The Hall–Kier alpha value is -2.78. The lowest BCUT2D eigenvalue weighted by molar-refractivity contribution is -0.119. The van der Waals surface area contributed by atoms with E-state index in [1.165, 1.54) is 12.5 Å². The molecule has 136 valence electrons. The van der Waals surface area contributed by atoms with E-state index < -0.39 is 17.9 Å². The number of anilines is 1. The van der Waals surface area contributed by atoms with Crippen molar-refractivity contribution in [2.75, 3.05) is 18.3 Å². The first-order valence-electron chi connectivity index (χ1n) is 7.33. The van der Waals surface area contributed by atoms with Crippen molar-refractivity contribution in [3.63, 3.8) is 0 Å². The van der Waals surface area contributed by atoms with Gasteiger partial charge >= 0.3 is 0 Å². The van der Waals surface area contributed by atoms with Crippen LogP contribution in [0.2, 0.25) is 0 Å². The molecule has 1 unspecified atom stereocenters. The number of nitrogens with zero attached hydrogens (tertiary/aromatic N) is 2. The zero-order valence-corrected chi connectivity index (χ0v) is 15.2. The summed E-state index contributed by atoms with van der Waals surface area (Å²) in [5.74, 6) is -1.28. The van der Waals surface area contributed by atoms with Crippen molar-refractivity contribution in [3.8, 4) is 0 Å². The van der Waals surface area contributed by atoms with E-state index in [2.05, 4.69) is 20.8 Å². The summed E-state index contributed by atoms with van der Waals surface area (Å²) in [6.45, 7) is 0. The van der Waals surface area contributed by atoms with Gasteiger partial charge in [-0.15, -0.1) is 22.9 Å². The summed E-state index contributed by atoms with van der Waals surface area (Å²) < 4.78 is 0. The predicted molar refractivity (Wildman–Crippen MR) is 98.4 cm³/mol.